The van der Waals surface area contributed by atoms with Crippen molar-refractivity contribution in [2.24, 2.45) is 0 Å². The average molecular weight is 592 g/mol. The van der Waals surface area contributed by atoms with Gasteiger partial charge in [0, 0.05) is 42.9 Å². The molecule has 7 rings (SSSR count). The van der Waals surface area contributed by atoms with Gasteiger partial charge < -0.3 is 29.0 Å². The largest absolute Gasteiger partial charge is 0.341 e. The Morgan fingerprint density at radius 2 is 1.48 bits per heavy atom. The number of hydrogen-bond donors (Lipinski definition) is 2. The van der Waals surface area contributed by atoms with Gasteiger partial charge in [-0.1, -0.05) is 12.8 Å². The molecule has 0 unspecified atom stereocenters. The van der Waals surface area contributed by atoms with Gasteiger partial charge in [-0.15, -0.1) is 11.3 Å². The van der Waals surface area contributed by atoms with Crippen LogP contribution in [0.15, 0.2) is 40.7 Å². The standard InChI is InChI=1S/C27H33N3O8S2/c31-23(29-17-7-9-18(10-8-17)40(32,33)30-25-28-15-16-39-25)21-19-20(36-26(35-19)11-3-1-4-12-26)22-24(34-21)38-27(37-22)13-5-2-6-14-27/h7-10,15-16,19-22,24H,1-6,11-14H2,(H,28,30)(H,29,31)/t19-,20-,21-,22-,24+/m0/s1. The van der Waals surface area contributed by atoms with E-state index < -0.39 is 58.2 Å². The highest BCUT2D eigenvalue weighted by molar-refractivity contribution is 7.93. The van der Waals surface area contributed by atoms with E-state index in [9.17, 15) is 13.2 Å². The molecule has 3 aliphatic heterocycles. The minimum Gasteiger partial charge on any atom is -0.341 e. The van der Waals surface area contributed by atoms with E-state index in [0.29, 0.717) is 5.69 Å². The summed E-state index contributed by atoms with van der Waals surface area (Å²) < 4.78 is 60.1. The second kappa shape index (κ2) is 10.3. The maximum atomic E-state index is 13.6. The van der Waals surface area contributed by atoms with Crippen LogP contribution in [0.25, 0.3) is 0 Å². The molecule has 4 heterocycles. The second-order valence-corrected chi connectivity index (χ2v) is 13.8. The minimum atomic E-state index is -3.81. The Morgan fingerprint density at radius 3 is 2.12 bits per heavy atom. The Labute approximate surface area is 236 Å². The SMILES string of the molecule is O=C(Nc1ccc(S(=O)(=O)Nc2nccs2)cc1)[C@H]1O[C@@H]2OC3(CCCCC3)O[C@H]2[C@H]2OC3(CCCCC3)O[C@@H]21. The third kappa shape index (κ3) is 4.95. The first-order valence-corrected chi connectivity index (χ1v) is 16.4. The van der Waals surface area contributed by atoms with Crippen LogP contribution in [0, 0.1) is 0 Å². The molecule has 2 spiro atoms. The maximum Gasteiger partial charge on any atom is 0.263 e. The number of rotatable bonds is 5. The molecule has 5 atom stereocenters. The number of hydrogen-bond acceptors (Lipinski definition) is 10. The number of amides is 1. The van der Waals surface area contributed by atoms with Gasteiger partial charge in [0.05, 0.1) is 4.90 Å². The fourth-order valence-corrected chi connectivity index (χ4v) is 8.34. The number of fused-ring (bicyclic) bond motifs is 3. The number of benzene rings is 1. The number of sulfonamides is 1. The van der Waals surface area contributed by atoms with E-state index in [1.54, 1.807) is 5.38 Å². The van der Waals surface area contributed by atoms with Crippen LogP contribution in [0.2, 0.25) is 0 Å². The van der Waals surface area contributed by atoms with Gasteiger partial charge in [-0.05, 0) is 49.9 Å². The number of anilines is 2. The number of aromatic nitrogens is 1. The van der Waals surface area contributed by atoms with Crippen molar-refractivity contribution in [1.82, 2.24) is 4.98 Å². The van der Waals surface area contributed by atoms with Crippen LogP contribution in [0.5, 0.6) is 0 Å². The average Bonchev–Trinajstić information content (AvgIpc) is 3.67. The van der Waals surface area contributed by atoms with Gasteiger partial charge in [-0.3, -0.25) is 9.52 Å². The van der Waals surface area contributed by atoms with Crippen molar-refractivity contribution in [2.75, 3.05) is 10.0 Å². The molecule has 2 saturated carbocycles. The monoisotopic (exact) mass is 591 g/mol. The highest BCUT2D eigenvalue weighted by Gasteiger charge is 2.65. The molecule has 11 nitrogen and oxygen atoms in total. The van der Waals surface area contributed by atoms with Gasteiger partial charge >= 0.3 is 0 Å². The third-order valence-corrected chi connectivity index (χ3v) is 10.6. The number of nitrogens with zero attached hydrogens (tertiary/aromatic N) is 1. The lowest BCUT2D eigenvalue weighted by atomic mass is 9.94. The Morgan fingerprint density at radius 1 is 0.850 bits per heavy atom. The van der Waals surface area contributed by atoms with Crippen molar-refractivity contribution in [3.05, 3.63) is 35.8 Å². The van der Waals surface area contributed by atoms with Crippen molar-refractivity contribution < 1.29 is 36.9 Å². The van der Waals surface area contributed by atoms with Crippen LogP contribution in [0.3, 0.4) is 0 Å². The topological polar surface area (TPSA) is 134 Å². The van der Waals surface area contributed by atoms with Crippen molar-refractivity contribution in [1.29, 1.82) is 0 Å². The zero-order valence-electron chi connectivity index (χ0n) is 22.0. The van der Waals surface area contributed by atoms with E-state index in [4.69, 9.17) is 23.7 Å². The van der Waals surface area contributed by atoms with Crippen LogP contribution in [0.4, 0.5) is 10.8 Å². The van der Waals surface area contributed by atoms with Crippen LogP contribution >= 0.6 is 11.3 Å². The van der Waals surface area contributed by atoms with Gasteiger partial charge in [-0.25, -0.2) is 13.4 Å². The molecule has 1 amide bonds. The predicted molar refractivity (Wildman–Crippen MR) is 144 cm³/mol. The Bertz CT molecular complexity index is 1320. The Hall–Kier alpha value is -2.13. The zero-order valence-corrected chi connectivity index (χ0v) is 23.6. The molecule has 2 N–H and O–H groups in total. The summed E-state index contributed by atoms with van der Waals surface area (Å²) in [5, 5.41) is 4.83. The molecule has 1 aromatic heterocycles. The van der Waals surface area contributed by atoms with E-state index >= 15 is 0 Å². The summed E-state index contributed by atoms with van der Waals surface area (Å²) >= 11 is 1.19. The number of nitrogens with one attached hydrogen (secondary N) is 2. The highest BCUT2D eigenvalue weighted by Crippen LogP contribution is 2.51. The number of carbonyl (C=O) groups excluding carboxylic acids is 1. The summed E-state index contributed by atoms with van der Waals surface area (Å²) in [7, 11) is -3.81. The molecular weight excluding hydrogens is 558 g/mol. The smallest absolute Gasteiger partial charge is 0.263 e. The summed E-state index contributed by atoms with van der Waals surface area (Å²) in [6, 6.07) is 5.94. The fraction of sp³-hybridized carbons (Fsp3) is 0.630. The molecule has 40 heavy (non-hydrogen) atoms. The molecule has 5 aliphatic rings. The molecule has 0 bridgehead atoms. The first-order chi connectivity index (χ1) is 19.3. The molecule has 5 fully saturated rings. The van der Waals surface area contributed by atoms with E-state index in [-0.39, 0.29) is 10.0 Å². The normalized spacial score (nSPS) is 32.5. The van der Waals surface area contributed by atoms with Crippen LogP contribution in [-0.4, -0.2) is 61.6 Å². The van der Waals surface area contributed by atoms with Gasteiger partial charge in [0.2, 0.25) is 0 Å². The molecule has 0 radical (unpaired) electrons. The van der Waals surface area contributed by atoms with E-state index in [1.165, 1.54) is 41.8 Å². The lowest BCUT2D eigenvalue weighted by molar-refractivity contribution is -0.246. The lowest BCUT2D eigenvalue weighted by Crippen LogP contribution is -2.58. The van der Waals surface area contributed by atoms with Crippen LogP contribution in [0.1, 0.15) is 64.2 Å². The summed E-state index contributed by atoms with van der Waals surface area (Å²) in [5.74, 6) is -1.85. The summed E-state index contributed by atoms with van der Waals surface area (Å²) in [5.41, 5.74) is 0.430. The summed E-state index contributed by atoms with van der Waals surface area (Å²) in [6.45, 7) is 0. The van der Waals surface area contributed by atoms with E-state index in [2.05, 4.69) is 15.0 Å². The fourth-order valence-electron chi connectivity index (χ4n) is 6.55. The molecular formula is C27H33N3O8S2. The van der Waals surface area contributed by atoms with Gasteiger partial charge in [0.25, 0.3) is 15.9 Å². The zero-order chi connectivity index (χ0) is 27.4. The maximum absolute atomic E-state index is 13.6. The number of carbonyl (C=O) groups is 1. The lowest BCUT2D eigenvalue weighted by Gasteiger charge is -2.36. The van der Waals surface area contributed by atoms with Gasteiger partial charge in [0.15, 0.2) is 29.1 Å². The molecule has 216 valence electrons. The van der Waals surface area contributed by atoms with Crippen LogP contribution in [-0.2, 0) is 38.5 Å². The Balaban J connectivity index is 1.09. The van der Waals surface area contributed by atoms with Gasteiger partial charge in [0.1, 0.15) is 18.3 Å². The first kappa shape index (κ1) is 26.7. The van der Waals surface area contributed by atoms with Crippen molar-refractivity contribution in [2.45, 2.75) is 111 Å². The van der Waals surface area contributed by atoms with Crippen LogP contribution < -0.4 is 10.0 Å². The van der Waals surface area contributed by atoms with E-state index in [1.807, 2.05) is 0 Å². The molecule has 2 aromatic rings. The molecule has 13 heteroatoms. The third-order valence-electron chi connectivity index (χ3n) is 8.45. The van der Waals surface area contributed by atoms with Crippen molar-refractivity contribution >= 4 is 38.1 Å². The molecule has 1 aromatic carbocycles. The first-order valence-electron chi connectivity index (χ1n) is 14.0. The quantitative estimate of drug-likeness (QED) is 0.526. The summed E-state index contributed by atoms with van der Waals surface area (Å²) in [6.07, 6.45) is 7.62. The van der Waals surface area contributed by atoms with E-state index in [0.717, 1.165) is 64.2 Å². The number of thiazole rings is 1. The van der Waals surface area contributed by atoms with Crippen molar-refractivity contribution in [3.8, 4) is 0 Å². The van der Waals surface area contributed by atoms with Gasteiger partial charge in [-0.2, -0.15) is 0 Å². The second-order valence-electron chi connectivity index (χ2n) is 11.2. The minimum absolute atomic E-state index is 0.0542. The molecule has 2 aliphatic carbocycles. The number of ether oxygens (including phenoxy) is 5. The molecule has 3 saturated heterocycles. The summed E-state index contributed by atoms with van der Waals surface area (Å²) in [4.78, 5) is 17.6. The van der Waals surface area contributed by atoms with Crippen molar-refractivity contribution in [3.63, 3.8) is 0 Å². The highest BCUT2D eigenvalue weighted by atomic mass is 32.2. The Kier molecular flexibility index (Phi) is 6.89. The predicted octanol–water partition coefficient (Wildman–Crippen LogP) is 4.13.